The van der Waals surface area contributed by atoms with Gasteiger partial charge in [-0.2, -0.15) is 0 Å². The van der Waals surface area contributed by atoms with Gasteiger partial charge in [0.25, 0.3) is 0 Å². The number of rotatable bonds is 11. The number of nitrogens with zero attached hydrogens (tertiary/aromatic N) is 3. The van der Waals surface area contributed by atoms with Crippen molar-refractivity contribution < 1.29 is 4.39 Å². The fourth-order valence-corrected chi connectivity index (χ4v) is 4.38. The van der Waals surface area contributed by atoms with Crippen LogP contribution < -0.4 is 5.32 Å². The van der Waals surface area contributed by atoms with E-state index in [1.807, 2.05) is 31.2 Å². The maximum absolute atomic E-state index is 13.2. The lowest BCUT2D eigenvalue weighted by atomic mass is 10.0. The average Bonchev–Trinajstić information content (AvgIpc) is 3.16. The summed E-state index contributed by atoms with van der Waals surface area (Å²) in [5.74, 6) is 1.54. The molecule has 0 aliphatic carbocycles. The molecule has 6 heteroatoms. The summed E-state index contributed by atoms with van der Waals surface area (Å²) in [7, 11) is 1.80. The zero-order valence-electron chi connectivity index (χ0n) is 18.7. The fourth-order valence-electron chi connectivity index (χ4n) is 3.68. The molecule has 0 bridgehead atoms. The van der Waals surface area contributed by atoms with Crippen LogP contribution in [0.5, 0.6) is 0 Å². The number of hydrogen-bond donors (Lipinski definition) is 1. The second-order valence-corrected chi connectivity index (χ2v) is 8.41. The molecule has 0 amide bonds. The molecule has 2 aliphatic rings. The lowest BCUT2D eigenvalue weighted by Gasteiger charge is -2.29. The lowest BCUT2D eigenvalue weighted by Crippen LogP contribution is -2.34. The number of allylic oxidation sites excluding steroid dienone is 5. The minimum atomic E-state index is -0.850. The number of aliphatic imine (C=N–C) groups is 2. The van der Waals surface area contributed by atoms with Crippen LogP contribution in [0, 0.1) is 5.92 Å². The Labute approximate surface area is 185 Å². The molecule has 0 aromatic heterocycles. The molecule has 0 radical (unpaired) electrons. The normalized spacial score (nSPS) is 21.6. The minimum Gasteiger partial charge on any atom is -0.329 e. The Bertz CT molecular complexity index is 774. The van der Waals surface area contributed by atoms with Crippen LogP contribution in [0.25, 0.3) is 0 Å². The van der Waals surface area contributed by atoms with Crippen molar-refractivity contribution in [2.24, 2.45) is 15.9 Å². The van der Waals surface area contributed by atoms with Crippen LogP contribution in [0.3, 0.4) is 0 Å². The number of halogens is 1. The molecule has 2 heterocycles. The first kappa shape index (κ1) is 24.4. The molecule has 0 saturated carbocycles. The highest BCUT2D eigenvalue weighted by Gasteiger charge is 2.35. The fraction of sp³-hybridized carbons (Fsp3) is 0.500. The van der Waals surface area contributed by atoms with Crippen LogP contribution >= 0.6 is 11.8 Å². The van der Waals surface area contributed by atoms with Gasteiger partial charge in [-0.3, -0.25) is 9.98 Å². The molecule has 4 nitrogen and oxygen atoms in total. The average molecular weight is 431 g/mol. The van der Waals surface area contributed by atoms with Gasteiger partial charge in [-0.05, 0) is 51.0 Å². The Kier molecular flexibility index (Phi) is 10.3. The number of alkyl halides is 1. The van der Waals surface area contributed by atoms with E-state index in [9.17, 15) is 4.39 Å². The molecule has 1 fully saturated rings. The molecular weight excluding hydrogens is 395 g/mol. The van der Waals surface area contributed by atoms with E-state index in [-0.39, 0.29) is 0 Å². The summed E-state index contributed by atoms with van der Waals surface area (Å²) in [4.78, 5) is 13.0. The van der Waals surface area contributed by atoms with Gasteiger partial charge in [0.15, 0.2) is 0 Å². The Morgan fingerprint density at radius 1 is 1.47 bits per heavy atom. The third-order valence-electron chi connectivity index (χ3n) is 5.06. The molecule has 1 N–H and O–H groups in total. The summed E-state index contributed by atoms with van der Waals surface area (Å²) in [6.07, 6.45) is 10.4. The maximum atomic E-state index is 13.2. The molecule has 0 aromatic carbocycles. The predicted molar refractivity (Wildman–Crippen MR) is 131 cm³/mol. The molecular formula is C24H35FN4S. The molecule has 30 heavy (non-hydrogen) atoms. The van der Waals surface area contributed by atoms with E-state index in [1.165, 1.54) is 10.6 Å². The van der Waals surface area contributed by atoms with Crippen molar-refractivity contribution in [1.29, 1.82) is 0 Å². The van der Waals surface area contributed by atoms with Crippen LogP contribution in [-0.4, -0.2) is 55.8 Å². The van der Waals surface area contributed by atoms with Crippen molar-refractivity contribution in [3.63, 3.8) is 0 Å². The predicted octanol–water partition coefficient (Wildman–Crippen LogP) is 5.30. The largest absolute Gasteiger partial charge is 0.329 e. The summed E-state index contributed by atoms with van der Waals surface area (Å²) in [5, 5.41) is 5.55. The van der Waals surface area contributed by atoms with Crippen molar-refractivity contribution in [2.45, 2.75) is 39.8 Å². The van der Waals surface area contributed by atoms with E-state index >= 15 is 0 Å². The second kappa shape index (κ2) is 12.7. The summed E-state index contributed by atoms with van der Waals surface area (Å²) in [5.41, 5.74) is 3.35. The molecule has 164 valence electrons. The second-order valence-electron chi connectivity index (χ2n) is 7.46. The van der Waals surface area contributed by atoms with Gasteiger partial charge in [-0.1, -0.05) is 36.1 Å². The van der Waals surface area contributed by atoms with Crippen molar-refractivity contribution in [1.82, 2.24) is 10.2 Å². The summed E-state index contributed by atoms with van der Waals surface area (Å²) in [6.45, 7) is 12.7. The third kappa shape index (κ3) is 6.54. The highest BCUT2D eigenvalue weighted by atomic mass is 32.2. The summed E-state index contributed by atoms with van der Waals surface area (Å²) < 4.78 is 13.2. The van der Waals surface area contributed by atoms with Crippen molar-refractivity contribution in [3.8, 4) is 0 Å². The smallest absolute Gasteiger partial charge is 0.142 e. The Balaban J connectivity index is 2.33. The zero-order valence-corrected chi connectivity index (χ0v) is 19.5. The molecule has 0 spiro atoms. The third-order valence-corrected chi connectivity index (χ3v) is 6.14. The van der Waals surface area contributed by atoms with E-state index in [1.54, 1.807) is 25.7 Å². The van der Waals surface area contributed by atoms with E-state index in [0.717, 1.165) is 43.2 Å². The van der Waals surface area contributed by atoms with E-state index in [2.05, 4.69) is 40.2 Å². The van der Waals surface area contributed by atoms with Gasteiger partial charge in [0, 0.05) is 42.9 Å². The SMILES string of the molecule is C=CCNCC1CC2=C(C(/C=C\CC(C)F)=NC)CN=C(/C(=C\C)S/C=C\C)N2C1. The van der Waals surface area contributed by atoms with Crippen LogP contribution in [0.4, 0.5) is 4.39 Å². The topological polar surface area (TPSA) is 40.0 Å². The van der Waals surface area contributed by atoms with Crippen LogP contribution in [0.2, 0.25) is 0 Å². The minimum absolute atomic E-state index is 0.399. The first-order valence-corrected chi connectivity index (χ1v) is 11.5. The number of amidine groups is 1. The molecule has 2 atom stereocenters. The Morgan fingerprint density at radius 2 is 2.27 bits per heavy atom. The maximum Gasteiger partial charge on any atom is 0.142 e. The molecule has 0 aromatic rings. The number of thioether (sulfide) groups is 1. The van der Waals surface area contributed by atoms with Crippen molar-refractivity contribution in [2.75, 3.05) is 33.2 Å². The van der Waals surface area contributed by atoms with Crippen molar-refractivity contribution >= 4 is 23.3 Å². The highest BCUT2D eigenvalue weighted by Crippen LogP contribution is 2.36. The quantitative estimate of drug-likeness (QED) is 0.275. The number of fused-ring (bicyclic) bond motifs is 1. The monoisotopic (exact) mass is 430 g/mol. The first-order chi connectivity index (χ1) is 14.5. The number of nitrogens with one attached hydrogen (secondary N) is 1. The van der Waals surface area contributed by atoms with Gasteiger partial charge in [0.05, 0.1) is 12.3 Å². The molecule has 1 saturated heterocycles. The van der Waals surface area contributed by atoms with Gasteiger partial charge in [0.2, 0.25) is 0 Å². The van der Waals surface area contributed by atoms with Crippen LogP contribution in [0.15, 0.2) is 68.5 Å². The number of hydrogen-bond acceptors (Lipinski definition) is 5. The van der Waals surface area contributed by atoms with Crippen LogP contribution in [-0.2, 0) is 0 Å². The van der Waals surface area contributed by atoms with E-state index in [4.69, 9.17) is 4.99 Å². The zero-order chi connectivity index (χ0) is 21.9. The highest BCUT2D eigenvalue weighted by molar-refractivity contribution is 8.06. The Morgan fingerprint density at radius 3 is 2.90 bits per heavy atom. The van der Waals surface area contributed by atoms with Crippen LogP contribution in [0.1, 0.15) is 33.6 Å². The van der Waals surface area contributed by atoms with Gasteiger partial charge >= 0.3 is 0 Å². The molecule has 2 aliphatic heterocycles. The van der Waals surface area contributed by atoms with Crippen molar-refractivity contribution in [3.05, 3.63) is 58.5 Å². The summed E-state index contributed by atoms with van der Waals surface area (Å²) in [6, 6.07) is 0. The van der Waals surface area contributed by atoms with Gasteiger partial charge in [0.1, 0.15) is 12.0 Å². The molecule has 2 unspecified atom stereocenters. The van der Waals surface area contributed by atoms with Gasteiger partial charge < -0.3 is 10.2 Å². The van der Waals surface area contributed by atoms with Gasteiger partial charge in [-0.25, -0.2) is 4.39 Å². The summed E-state index contributed by atoms with van der Waals surface area (Å²) >= 11 is 1.70. The first-order valence-electron chi connectivity index (χ1n) is 10.6. The van der Waals surface area contributed by atoms with Gasteiger partial charge in [-0.15, -0.1) is 6.58 Å². The molecule has 2 rings (SSSR count). The van der Waals surface area contributed by atoms with E-state index in [0.29, 0.717) is 18.9 Å². The standard InChI is InChI=1S/C24H35FN4S/c1-6-12-27-15-19-14-22-20(21(26-5)11-9-10-18(4)25)16-28-24(29(22)17-19)23(8-3)30-13-7-2/h6-9,11,13,18-19,27H,1,10,12,14-17H2,2-5H3/b11-9-,13-7-,23-8+,26-21?. The Hall–Kier alpha value is -1.92. The lowest BCUT2D eigenvalue weighted by molar-refractivity contribution is 0.365. The van der Waals surface area contributed by atoms with E-state index < -0.39 is 6.17 Å².